The minimum Gasteiger partial charge on any atom is -0.310 e. The molecule has 0 saturated carbocycles. The number of nitrogens with two attached hydrogens (primary N) is 1. The largest absolute Gasteiger partial charge is 0.310 e. The monoisotopic (exact) mass is 417 g/mol. The molecule has 0 amide bonds. The zero-order valence-corrected chi connectivity index (χ0v) is 16.5. The van der Waals surface area contributed by atoms with E-state index in [1.54, 1.807) is 26.0 Å². The molecule has 1 atom stereocenters. The van der Waals surface area contributed by atoms with Gasteiger partial charge >= 0.3 is 0 Å². The van der Waals surface area contributed by atoms with Crippen LogP contribution < -0.4 is 5.73 Å². The van der Waals surface area contributed by atoms with Gasteiger partial charge in [0.25, 0.3) is 5.92 Å². The molecule has 0 aromatic heterocycles. The van der Waals surface area contributed by atoms with Crippen LogP contribution in [0.1, 0.15) is 17.5 Å². The average molecular weight is 417 g/mol. The molecule has 0 aliphatic rings. The van der Waals surface area contributed by atoms with E-state index in [4.69, 9.17) is 5.73 Å². The number of hydrogen-bond donors (Lipinski definition) is 1. The predicted octanol–water partition coefficient (Wildman–Crippen LogP) is 2.86. The lowest BCUT2D eigenvalue weighted by Gasteiger charge is -2.23. The molecule has 0 aliphatic heterocycles. The Balaban J connectivity index is 2.19. The van der Waals surface area contributed by atoms with Crippen molar-refractivity contribution in [2.75, 3.05) is 5.75 Å². The number of hydrogen-bond acceptors (Lipinski definition) is 5. The second-order valence-electron chi connectivity index (χ2n) is 6.42. The van der Waals surface area contributed by atoms with Gasteiger partial charge in [-0.3, -0.25) is 0 Å². The minimum atomic E-state index is -4.52. The van der Waals surface area contributed by atoms with Gasteiger partial charge in [0, 0.05) is 6.42 Å². The van der Waals surface area contributed by atoms with E-state index in [0.717, 1.165) is 11.1 Å². The van der Waals surface area contributed by atoms with Gasteiger partial charge in [0.15, 0.2) is 25.0 Å². The van der Waals surface area contributed by atoms with Gasteiger partial charge in [0.05, 0.1) is 15.5 Å². The summed E-state index contributed by atoms with van der Waals surface area (Å²) in [6, 6.07) is 11.1. The lowest BCUT2D eigenvalue weighted by molar-refractivity contribution is -0.00498. The fourth-order valence-electron chi connectivity index (χ4n) is 2.38. The molecule has 0 spiro atoms. The molecule has 1 unspecified atom stereocenters. The summed E-state index contributed by atoms with van der Waals surface area (Å²) in [7, 11) is -8.51. The third-order valence-corrected chi connectivity index (χ3v) is 7.86. The highest BCUT2D eigenvalue weighted by Crippen LogP contribution is 2.30. The van der Waals surface area contributed by atoms with Crippen LogP contribution >= 0.6 is 0 Å². The summed E-state index contributed by atoms with van der Waals surface area (Å²) in [6.07, 6.45) is -1.20. The first-order chi connectivity index (χ1) is 12.4. The number of halogens is 2. The first-order valence-electron chi connectivity index (χ1n) is 8.10. The predicted molar refractivity (Wildman–Crippen MR) is 99.1 cm³/mol. The summed E-state index contributed by atoms with van der Waals surface area (Å²) in [5, 5.41) is -2.54. The Bertz CT molecular complexity index is 1000. The second kappa shape index (κ2) is 7.65. The first kappa shape index (κ1) is 21.5. The Morgan fingerprint density at radius 3 is 1.70 bits per heavy atom. The van der Waals surface area contributed by atoms with E-state index in [2.05, 4.69) is 0 Å². The molecule has 0 aliphatic carbocycles. The van der Waals surface area contributed by atoms with E-state index in [1.165, 1.54) is 36.4 Å². The SMILES string of the molecule is Cc1ccc(S(=O)(=O)CCC(F)(F)C(N)S(=O)(=O)c2ccc(C)cc2)cc1. The van der Waals surface area contributed by atoms with Crippen molar-refractivity contribution in [2.45, 2.75) is 41.4 Å². The summed E-state index contributed by atoms with van der Waals surface area (Å²) in [6.45, 7) is 3.49. The molecule has 2 aromatic carbocycles. The molecule has 2 N–H and O–H groups in total. The first-order valence-corrected chi connectivity index (χ1v) is 11.3. The Morgan fingerprint density at radius 2 is 1.26 bits per heavy atom. The van der Waals surface area contributed by atoms with Crippen LogP contribution in [0.15, 0.2) is 58.3 Å². The second-order valence-corrected chi connectivity index (χ2v) is 10.6. The van der Waals surface area contributed by atoms with Gasteiger partial charge in [-0.05, 0) is 38.1 Å². The molecule has 148 valence electrons. The van der Waals surface area contributed by atoms with Gasteiger partial charge in [0.1, 0.15) is 0 Å². The number of aryl methyl sites for hydroxylation is 2. The quantitative estimate of drug-likeness (QED) is 0.748. The van der Waals surface area contributed by atoms with Crippen LogP contribution in [0.25, 0.3) is 0 Å². The van der Waals surface area contributed by atoms with Crippen LogP contribution in [0.3, 0.4) is 0 Å². The molecule has 2 aromatic rings. The van der Waals surface area contributed by atoms with Crippen molar-refractivity contribution < 1.29 is 25.6 Å². The van der Waals surface area contributed by atoms with Crippen LogP contribution in [0.2, 0.25) is 0 Å². The van der Waals surface area contributed by atoms with Gasteiger partial charge in [-0.2, -0.15) is 0 Å². The van der Waals surface area contributed by atoms with Crippen LogP contribution in [-0.4, -0.2) is 33.9 Å². The van der Waals surface area contributed by atoms with Crippen molar-refractivity contribution in [1.29, 1.82) is 0 Å². The topological polar surface area (TPSA) is 94.3 Å². The Labute approximate surface area is 158 Å². The Kier molecular flexibility index (Phi) is 6.08. The maximum absolute atomic E-state index is 14.4. The van der Waals surface area contributed by atoms with E-state index in [1.807, 2.05) is 0 Å². The van der Waals surface area contributed by atoms with Crippen molar-refractivity contribution in [3.8, 4) is 0 Å². The number of alkyl halides is 2. The molecule has 0 fully saturated rings. The van der Waals surface area contributed by atoms with Gasteiger partial charge in [0.2, 0.25) is 0 Å². The maximum Gasteiger partial charge on any atom is 0.278 e. The normalized spacial score (nSPS) is 14.1. The van der Waals surface area contributed by atoms with Crippen molar-refractivity contribution in [3.05, 3.63) is 59.7 Å². The standard InChI is InChI=1S/C18H21F2NO4S2/c1-13-3-7-15(8-4-13)26(22,23)12-11-18(19,20)17(21)27(24,25)16-9-5-14(2)6-10-16/h3-10,17H,11-12,21H2,1-2H3. The Hall–Kier alpha value is -1.84. The molecular formula is C18H21F2NO4S2. The maximum atomic E-state index is 14.4. The van der Waals surface area contributed by atoms with Crippen LogP contribution in [0.4, 0.5) is 8.78 Å². The summed E-state index contributed by atoms with van der Waals surface area (Å²) in [4.78, 5) is -0.430. The molecular weight excluding hydrogens is 396 g/mol. The molecule has 27 heavy (non-hydrogen) atoms. The van der Waals surface area contributed by atoms with Gasteiger partial charge < -0.3 is 5.73 Å². The fraction of sp³-hybridized carbons (Fsp3) is 0.333. The van der Waals surface area contributed by atoms with E-state index in [-0.39, 0.29) is 9.79 Å². The lowest BCUT2D eigenvalue weighted by Crippen LogP contribution is -2.47. The molecule has 0 bridgehead atoms. The molecule has 5 nitrogen and oxygen atoms in total. The molecule has 9 heteroatoms. The van der Waals surface area contributed by atoms with Crippen molar-refractivity contribution in [3.63, 3.8) is 0 Å². The average Bonchev–Trinajstić information content (AvgIpc) is 2.60. The van der Waals surface area contributed by atoms with Crippen LogP contribution in [-0.2, 0) is 19.7 Å². The van der Waals surface area contributed by atoms with Crippen molar-refractivity contribution in [2.24, 2.45) is 5.73 Å². The summed E-state index contributed by atoms with van der Waals surface area (Å²) >= 11 is 0. The van der Waals surface area contributed by atoms with Gasteiger partial charge in [-0.15, -0.1) is 0 Å². The fourth-order valence-corrected chi connectivity index (χ4v) is 5.09. The number of rotatable bonds is 7. The highest BCUT2D eigenvalue weighted by Gasteiger charge is 2.46. The van der Waals surface area contributed by atoms with Crippen molar-refractivity contribution >= 4 is 19.7 Å². The van der Waals surface area contributed by atoms with Crippen molar-refractivity contribution in [1.82, 2.24) is 0 Å². The van der Waals surface area contributed by atoms with E-state index in [9.17, 15) is 25.6 Å². The molecule has 2 rings (SSSR count). The van der Waals surface area contributed by atoms with Crippen LogP contribution in [0.5, 0.6) is 0 Å². The third kappa shape index (κ3) is 4.91. The summed E-state index contributed by atoms with van der Waals surface area (Å²) in [5.41, 5.74) is 6.94. The molecule has 0 saturated heterocycles. The van der Waals surface area contributed by atoms with Crippen LogP contribution in [0, 0.1) is 13.8 Å². The summed E-state index contributed by atoms with van der Waals surface area (Å²) in [5.74, 6) is -4.83. The molecule has 0 heterocycles. The number of sulfone groups is 2. The highest BCUT2D eigenvalue weighted by atomic mass is 32.2. The third-order valence-electron chi connectivity index (χ3n) is 4.18. The zero-order chi connectivity index (χ0) is 20.5. The smallest absolute Gasteiger partial charge is 0.278 e. The van der Waals surface area contributed by atoms with E-state index < -0.39 is 43.1 Å². The zero-order valence-electron chi connectivity index (χ0n) is 14.9. The summed E-state index contributed by atoms with van der Waals surface area (Å²) < 4.78 is 78.1. The van der Waals surface area contributed by atoms with Gasteiger partial charge in [-0.1, -0.05) is 35.4 Å². The van der Waals surface area contributed by atoms with Gasteiger partial charge in [-0.25, -0.2) is 25.6 Å². The minimum absolute atomic E-state index is 0.0983. The molecule has 0 radical (unpaired) electrons. The van der Waals surface area contributed by atoms with E-state index in [0.29, 0.717) is 0 Å². The number of benzene rings is 2. The lowest BCUT2D eigenvalue weighted by atomic mass is 10.2. The highest BCUT2D eigenvalue weighted by molar-refractivity contribution is 7.92. The van der Waals surface area contributed by atoms with E-state index >= 15 is 0 Å². The Morgan fingerprint density at radius 1 is 0.852 bits per heavy atom.